The zero-order valence-electron chi connectivity index (χ0n) is 10.4. The normalized spacial score (nSPS) is 10.9. The summed E-state index contributed by atoms with van der Waals surface area (Å²) in [6.45, 7) is 11.3. The second-order valence-corrected chi connectivity index (χ2v) is 4.11. The SMILES string of the molecule is CC[N+](CC)(CC)Cc1ccc(O)cc1.[Cl-]. The van der Waals surface area contributed by atoms with Crippen LogP contribution >= 0.6 is 0 Å². The van der Waals surface area contributed by atoms with Crippen LogP contribution in [0.1, 0.15) is 26.3 Å². The quantitative estimate of drug-likeness (QED) is 0.709. The van der Waals surface area contributed by atoms with Crippen LogP contribution in [0.25, 0.3) is 0 Å². The van der Waals surface area contributed by atoms with Gasteiger partial charge in [-0.25, -0.2) is 0 Å². The summed E-state index contributed by atoms with van der Waals surface area (Å²) >= 11 is 0. The summed E-state index contributed by atoms with van der Waals surface area (Å²) in [6, 6.07) is 7.57. The Kier molecular flexibility index (Phi) is 6.46. The minimum atomic E-state index is 0. The molecule has 0 aliphatic rings. The summed E-state index contributed by atoms with van der Waals surface area (Å²) in [4.78, 5) is 0. The maximum Gasteiger partial charge on any atom is 0.115 e. The molecule has 0 aliphatic heterocycles. The molecule has 0 heterocycles. The van der Waals surface area contributed by atoms with Crippen molar-refractivity contribution in [1.29, 1.82) is 0 Å². The predicted octanol–water partition coefficient (Wildman–Crippen LogP) is -0.227. The molecule has 0 atom stereocenters. The standard InChI is InChI=1S/C13H21NO.ClH/c1-4-14(5-2,6-3)11-12-7-9-13(15)10-8-12;/h7-10H,4-6,11H2,1-3H3;1H. The Morgan fingerprint density at radius 2 is 1.38 bits per heavy atom. The molecule has 3 heteroatoms. The summed E-state index contributed by atoms with van der Waals surface area (Å²) in [5.74, 6) is 0.348. The number of aromatic hydroxyl groups is 1. The average Bonchev–Trinajstić information content (AvgIpc) is 2.29. The van der Waals surface area contributed by atoms with Gasteiger partial charge in [0.2, 0.25) is 0 Å². The molecule has 0 saturated heterocycles. The van der Waals surface area contributed by atoms with Gasteiger partial charge in [0.15, 0.2) is 0 Å². The molecule has 1 N–H and O–H groups in total. The lowest BCUT2D eigenvalue weighted by molar-refractivity contribution is -0.936. The molecule has 0 radical (unpaired) electrons. The van der Waals surface area contributed by atoms with Crippen molar-refractivity contribution in [1.82, 2.24) is 0 Å². The first-order chi connectivity index (χ1) is 7.15. The lowest BCUT2D eigenvalue weighted by atomic mass is 10.1. The van der Waals surface area contributed by atoms with Gasteiger partial charge in [0, 0.05) is 5.56 Å². The molecule has 0 fully saturated rings. The average molecular weight is 244 g/mol. The van der Waals surface area contributed by atoms with Gasteiger partial charge in [0.05, 0.1) is 19.6 Å². The summed E-state index contributed by atoms with van der Waals surface area (Å²) in [5, 5.41) is 9.22. The molecule has 16 heavy (non-hydrogen) atoms. The van der Waals surface area contributed by atoms with E-state index >= 15 is 0 Å². The maximum atomic E-state index is 9.22. The third-order valence-electron chi connectivity index (χ3n) is 3.47. The number of phenols is 1. The fourth-order valence-electron chi connectivity index (χ4n) is 1.99. The first kappa shape index (κ1) is 15.3. The van der Waals surface area contributed by atoms with Crippen LogP contribution in [0.4, 0.5) is 0 Å². The van der Waals surface area contributed by atoms with Gasteiger partial charge in [-0.3, -0.25) is 0 Å². The molecule has 1 aromatic rings. The first-order valence-corrected chi connectivity index (χ1v) is 5.78. The largest absolute Gasteiger partial charge is 1.00 e. The highest BCUT2D eigenvalue weighted by atomic mass is 35.5. The van der Waals surface area contributed by atoms with E-state index in [-0.39, 0.29) is 12.4 Å². The predicted molar refractivity (Wildman–Crippen MR) is 63.7 cm³/mol. The van der Waals surface area contributed by atoms with Gasteiger partial charge >= 0.3 is 0 Å². The molecule has 0 amide bonds. The van der Waals surface area contributed by atoms with Crippen LogP contribution in [0.2, 0.25) is 0 Å². The van der Waals surface area contributed by atoms with E-state index in [1.165, 1.54) is 5.56 Å². The number of hydrogen-bond acceptors (Lipinski definition) is 1. The molecule has 1 rings (SSSR count). The number of nitrogens with zero attached hydrogens (tertiary/aromatic N) is 1. The lowest BCUT2D eigenvalue weighted by Gasteiger charge is -2.35. The highest BCUT2D eigenvalue weighted by molar-refractivity contribution is 5.25. The van der Waals surface area contributed by atoms with Gasteiger partial charge in [-0.05, 0) is 45.0 Å². The fourth-order valence-corrected chi connectivity index (χ4v) is 1.99. The van der Waals surface area contributed by atoms with E-state index < -0.39 is 0 Å². The highest BCUT2D eigenvalue weighted by Crippen LogP contribution is 2.16. The molecule has 92 valence electrons. The summed E-state index contributed by atoms with van der Waals surface area (Å²) in [6.07, 6.45) is 0. The Balaban J connectivity index is 0.00000225. The van der Waals surface area contributed by atoms with E-state index in [1.807, 2.05) is 12.1 Å². The molecule has 0 saturated carbocycles. The van der Waals surface area contributed by atoms with Gasteiger partial charge in [-0.2, -0.15) is 0 Å². The molecular weight excluding hydrogens is 222 g/mol. The van der Waals surface area contributed by atoms with Crippen LogP contribution in [0.15, 0.2) is 24.3 Å². The third-order valence-corrected chi connectivity index (χ3v) is 3.47. The van der Waals surface area contributed by atoms with E-state index in [4.69, 9.17) is 0 Å². The number of phenolic OH excluding ortho intramolecular Hbond substituents is 1. The van der Waals surface area contributed by atoms with Crippen LogP contribution in [-0.2, 0) is 6.54 Å². The van der Waals surface area contributed by atoms with Crippen molar-refractivity contribution in [2.45, 2.75) is 27.3 Å². The van der Waals surface area contributed by atoms with Gasteiger partial charge < -0.3 is 22.0 Å². The van der Waals surface area contributed by atoms with Crippen molar-refractivity contribution in [2.75, 3.05) is 19.6 Å². The van der Waals surface area contributed by atoms with Crippen molar-refractivity contribution in [2.24, 2.45) is 0 Å². The highest BCUT2D eigenvalue weighted by Gasteiger charge is 2.20. The fraction of sp³-hybridized carbons (Fsp3) is 0.538. The van der Waals surface area contributed by atoms with E-state index in [1.54, 1.807) is 12.1 Å². The summed E-state index contributed by atoms with van der Waals surface area (Å²) in [7, 11) is 0. The number of hydrogen-bond donors (Lipinski definition) is 1. The van der Waals surface area contributed by atoms with Gasteiger partial charge in [0.25, 0.3) is 0 Å². The molecule has 1 aromatic carbocycles. The minimum Gasteiger partial charge on any atom is -1.00 e. The Hall–Kier alpha value is -0.730. The van der Waals surface area contributed by atoms with Gasteiger partial charge in [-0.15, -0.1) is 0 Å². The van der Waals surface area contributed by atoms with Crippen molar-refractivity contribution in [3.05, 3.63) is 29.8 Å². The Morgan fingerprint density at radius 1 is 0.938 bits per heavy atom. The van der Waals surface area contributed by atoms with Crippen molar-refractivity contribution in [3.8, 4) is 5.75 Å². The number of rotatable bonds is 5. The Bertz CT molecular complexity index is 285. The van der Waals surface area contributed by atoms with Crippen LogP contribution in [0, 0.1) is 0 Å². The van der Waals surface area contributed by atoms with E-state index in [9.17, 15) is 5.11 Å². The van der Waals surface area contributed by atoms with Crippen LogP contribution in [-0.4, -0.2) is 29.2 Å². The molecule has 0 spiro atoms. The van der Waals surface area contributed by atoms with E-state index in [0.717, 1.165) is 30.7 Å². The molecule has 0 unspecified atom stereocenters. The summed E-state index contributed by atoms with van der Waals surface area (Å²) < 4.78 is 1.12. The Labute approximate surface area is 105 Å². The molecule has 2 nitrogen and oxygen atoms in total. The molecular formula is C13H22ClNO. The Morgan fingerprint density at radius 3 is 1.75 bits per heavy atom. The number of halogens is 1. The van der Waals surface area contributed by atoms with Crippen LogP contribution in [0.3, 0.4) is 0 Å². The van der Waals surface area contributed by atoms with Crippen molar-refractivity contribution >= 4 is 0 Å². The number of quaternary nitrogens is 1. The lowest BCUT2D eigenvalue weighted by Crippen LogP contribution is -3.00. The van der Waals surface area contributed by atoms with E-state index in [2.05, 4.69) is 20.8 Å². The maximum absolute atomic E-state index is 9.22. The van der Waals surface area contributed by atoms with E-state index in [0.29, 0.717) is 5.75 Å². The summed E-state index contributed by atoms with van der Waals surface area (Å²) in [5.41, 5.74) is 1.30. The molecule has 0 aliphatic carbocycles. The van der Waals surface area contributed by atoms with Crippen molar-refractivity contribution < 1.29 is 22.0 Å². The van der Waals surface area contributed by atoms with Gasteiger partial charge in [-0.1, -0.05) is 0 Å². The molecule has 0 bridgehead atoms. The van der Waals surface area contributed by atoms with Gasteiger partial charge in [0.1, 0.15) is 12.3 Å². The second kappa shape index (κ2) is 6.77. The first-order valence-electron chi connectivity index (χ1n) is 5.78. The smallest absolute Gasteiger partial charge is 0.115 e. The topological polar surface area (TPSA) is 20.2 Å². The molecule has 0 aromatic heterocycles. The number of benzene rings is 1. The zero-order valence-corrected chi connectivity index (χ0v) is 11.2. The zero-order chi connectivity index (χ0) is 11.3. The van der Waals surface area contributed by atoms with Crippen LogP contribution < -0.4 is 12.4 Å². The minimum absolute atomic E-state index is 0. The third kappa shape index (κ3) is 3.69. The second-order valence-electron chi connectivity index (χ2n) is 4.11. The van der Waals surface area contributed by atoms with Crippen LogP contribution in [0.5, 0.6) is 5.75 Å². The monoisotopic (exact) mass is 243 g/mol. The van der Waals surface area contributed by atoms with Crippen molar-refractivity contribution in [3.63, 3.8) is 0 Å².